The van der Waals surface area contributed by atoms with Gasteiger partial charge < -0.3 is 4.74 Å². The second-order valence-electron chi connectivity index (χ2n) is 3.96. The van der Waals surface area contributed by atoms with Crippen molar-refractivity contribution in [3.05, 3.63) is 47.5 Å². The smallest absolute Gasteiger partial charge is 0.327 e. The number of aryl methyl sites for hydroxylation is 2. The van der Waals surface area contributed by atoms with E-state index in [0.29, 0.717) is 6.54 Å². The third-order valence-corrected chi connectivity index (χ3v) is 2.73. The molecule has 1 atom stereocenters. The van der Waals surface area contributed by atoms with Gasteiger partial charge in [-0.05, 0) is 30.5 Å². The molecule has 0 radical (unpaired) electrons. The molecule has 0 bridgehead atoms. The maximum atomic E-state index is 11.8. The minimum absolute atomic E-state index is 0.274. The average Bonchev–Trinajstić information content (AvgIpc) is 2.32. The lowest BCUT2D eigenvalue weighted by atomic mass is 9.96. The van der Waals surface area contributed by atoms with E-state index in [1.54, 1.807) is 6.08 Å². The van der Waals surface area contributed by atoms with Gasteiger partial charge in [0, 0.05) is 6.54 Å². The van der Waals surface area contributed by atoms with Crippen molar-refractivity contribution >= 4 is 5.97 Å². The van der Waals surface area contributed by atoms with Crippen LogP contribution in [0.3, 0.4) is 0 Å². The molecule has 17 heavy (non-hydrogen) atoms. The summed E-state index contributed by atoms with van der Waals surface area (Å²) in [6.45, 7) is 8.19. The van der Waals surface area contributed by atoms with Gasteiger partial charge in [0.15, 0.2) is 0 Å². The number of rotatable bonds is 5. The fraction of sp³-hybridized carbons (Fsp3) is 0.357. The van der Waals surface area contributed by atoms with Gasteiger partial charge in [-0.1, -0.05) is 24.3 Å². The number of carbonyl (C=O) groups is 1. The van der Waals surface area contributed by atoms with Gasteiger partial charge in [-0.15, -0.1) is 6.58 Å². The zero-order chi connectivity index (χ0) is 12.8. The third kappa shape index (κ3) is 3.17. The monoisotopic (exact) mass is 233 g/mol. The third-order valence-electron chi connectivity index (χ3n) is 2.73. The molecule has 0 aliphatic carbocycles. The number of hydrogen-bond donors (Lipinski definition) is 1. The van der Waals surface area contributed by atoms with Gasteiger partial charge >= 0.3 is 5.97 Å². The first-order valence-corrected chi connectivity index (χ1v) is 5.60. The van der Waals surface area contributed by atoms with Gasteiger partial charge in [0.05, 0.1) is 7.11 Å². The quantitative estimate of drug-likeness (QED) is 0.626. The number of hydrogen-bond acceptors (Lipinski definition) is 3. The lowest BCUT2D eigenvalue weighted by Gasteiger charge is -2.20. The molecule has 0 heterocycles. The van der Waals surface area contributed by atoms with Gasteiger partial charge in [-0.25, -0.2) is 4.79 Å². The maximum absolute atomic E-state index is 11.8. The molecule has 0 aromatic heterocycles. The fourth-order valence-electron chi connectivity index (χ4n) is 1.90. The van der Waals surface area contributed by atoms with E-state index in [1.165, 1.54) is 7.11 Å². The van der Waals surface area contributed by atoms with Crippen molar-refractivity contribution in [1.82, 2.24) is 5.32 Å². The lowest BCUT2D eigenvalue weighted by Crippen LogP contribution is -2.31. The number of methoxy groups -OCH3 is 1. The van der Waals surface area contributed by atoms with Crippen LogP contribution in [0.2, 0.25) is 0 Å². The predicted molar refractivity (Wildman–Crippen MR) is 68.9 cm³/mol. The first-order valence-electron chi connectivity index (χ1n) is 5.60. The van der Waals surface area contributed by atoms with Crippen LogP contribution in [0.1, 0.15) is 22.7 Å². The summed E-state index contributed by atoms with van der Waals surface area (Å²) in [4.78, 5) is 11.8. The first-order chi connectivity index (χ1) is 8.11. The van der Waals surface area contributed by atoms with Gasteiger partial charge in [-0.3, -0.25) is 5.32 Å². The Labute approximate surface area is 102 Å². The topological polar surface area (TPSA) is 38.3 Å². The van der Waals surface area contributed by atoms with Crippen LogP contribution in [0, 0.1) is 13.8 Å². The van der Waals surface area contributed by atoms with Crippen molar-refractivity contribution in [1.29, 1.82) is 0 Å². The summed E-state index contributed by atoms with van der Waals surface area (Å²) in [5.74, 6) is -0.274. The van der Waals surface area contributed by atoms with E-state index in [1.807, 2.05) is 32.0 Å². The summed E-state index contributed by atoms with van der Waals surface area (Å²) in [5.41, 5.74) is 3.15. The molecule has 0 aliphatic rings. The Hall–Kier alpha value is -1.61. The van der Waals surface area contributed by atoms with Crippen molar-refractivity contribution < 1.29 is 9.53 Å². The van der Waals surface area contributed by atoms with Crippen molar-refractivity contribution in [3.63, 3.8) is 0 Å². The number of ether oxygens (including phenoxy) is 1. The van der Waals surface area contributed by atoms with Crippen molar-refractivity contribution in [2.24, 2.45) is 0 Å². The van der Waals surface area contributed by atoms with Crippen LogP contribution in [0.15, 0.2) is 30.9 Å². The van der Waals surface area contributed by atoms with E-state index in [0.717, 1.165) is 16.7 Å². The molecular weight excluding hydrogens is 214 g/mol. The van der Waals surface area contributed by atoms with E-state index in [2.05, 4.69) is 11.9 Å². The van der Waals surface area contributed by atoms with E-state index in [9.17, 15) is 4.79 Å². The van der Waals surface area contributed by atoms with Crippen LogP contribution < -0.4 is 5.32 Å². The number of esters is 1. The van der Waals surface area contributed by atoms with E-state index in [4.69, 9.17) is 4.74 Å². The van der Waals surface area contributed by atoms with E-state index in [-0.39, 0.29) is 5.97 Å². The highest BCUT2D eigenvalue weighted by atomic mass is 16.5. The molecule has 3 nitrogen and oxygen atoms in total. The second-order valence-corrected chi connectivity index (χ2v) is 3.96. The van der Waals surface area contributed by atoms with Crippen LogP contribution in [0.25, 0.3) is 0 Å². The van der Waals surface area contributed by atoms with Crippen molar-refractivity contribution in [2.45, 2.75) is 19.9 Å². The summed E-state index contributed by atoms with van der Waals surface area (Å²) in [6.07, 6.45) is 1.73. The zero-order valence-corrected chi connectivity index (χ0v) is 10.6. The SMILES string of the molecule is C=CCNC(C(=O)OC)c1c(C)cccc1C. The molecule has 0 spiro atoms. The van der Waals surface area contributed by atoms with Gasteiger partial charge in [0.25, 0.3) is 0 Å². The fourth-order valence-corrected chi connectivity index (χ4v) is 1.90. The van der Waals surface area contributed by atoms with Crippen LogP contribution in [-0.4, -0.2) is 19.6 Å². The molecule has 0 saturated carbocycles. The molecule has 1 aromatic carbocycles. The predicted octanol–water partition coefficient (Wildman–Crippen LogP) is 2.29. The Morgan fingerprint density at radius 2 is 2.06 bits per heavy atom. The summed E-state index contributed by atoms with van der Waals surface area (Å²) >= 11 is 0. The van der Waals surface area contributed by atoms with E-state index >= 15 is 0 Å². The van der Waals surface area contributed by atoms with Gasteiger partial charge in [0.2, 0.25) is 0 Å². The highest BCUT2D eigenvalue weighted by Crippen LogP contribution is 2.22. The first kappa shape index (κ1) is 13.5. The lowest BCUT2D eigenvalue weighted by molar-refractivity contribution is -0.143. The Morgan fingerprint density at radius 3 is 2.53 bits per heavy atom. The van der Waals surface area contributed by atoms with Crippen molar-refractivity contribution in [2.75, 3.05) is 13.7 Å². The summed E-state index contributed by atoms with van der Waals surface area (Å²) < 4.78 is 4.84. The summed E-state index contributed by atoms with van der Waals surface area (Å²) in [6, 6.07) is 5.54. The van der Waals surface area contributed by atoms with Crippen molar-refractivity contribution in [3.8, 4) is 0 Å². The van der Waals surface area contributed by atoms with E-state index < -0.39 is 6.04 Å². The van der Waals surface area contributed by atoms with Crippen LogP contribution in [0.5, 0.6) is 0 Å². The number of carbonyl (C=O) groups excluding carboxylic acids is 1. The normalized spacial score (nSPS) is 11.9. The molecule has 3 heteroatoms. The second kappa shape index (κ2) is 6.21. The number of benzene rings is 1. The highest BCUT2D eigenvalue weighted by molar-refractivity contribution is 5.78. The molecule has 1 rings (SSSR count). The average molecular weight is 233 g/mol. The highest BCUT2D eigenvalue weighted by Gasteiger charge is 2.23. The molecule has 0 saturated heterocycles. The molecule has 1 aromatic rings. The molecule has 0 amide bonds. The minimum atomic E-state index is -0.431. The Balaban J connectivity index is 3.11. The maximum Gasteiger partial charge on any atom is 0.327 e. The van der Waals surface area contributed by atoms with Gasteiger partial charge in [-0.2, -0.15) is 0 Å². The molecule has 1 N–H and O–H groups in total. The zero-order valence-electron chi connectivity index (χ0n) is 10.6. The molecular formula is C14H19NO2. The standard InChI is InChI=1S/C14H19NO2/c1-5-9-15-13(14(16)17-4)12-10(2)7-6-8-11(12)3/h5-8,13,15H,1,9H2,2-4H3. The number of nitrogens with one attached hydrogen (secondary N) is 1. The molecule has 0 fully saturated rings. The largest absolute Gasteiger partial charge is 0.468 e. The molecule has 92 valence electrons. The Bertz CT molecular complexity index is 392. The van der Waals surface area contributed by atoms with Crippen LogP contribution >= 0.6 is 0 Å². The Kier molecular flexibility index (Phi) is 4.91. The van der Waals surface area contributed by atoms with Crippen LogP contribution in [0.4, 0.5) is 0 Å². The minimum Gasteiger partial charge on any atom is -0.468 e. The summed E-state index contributed by atoms with van der Waals surface area (Å²) in [5, 5.41) is 3.13. The molecule has 1 unspecified atom stereocenters. The van der Waals surface area contributed by atoms with Crippen LogP contribution in [-0.2, 0) is 9.53 Å². The summed E-state index contributed by atoms with van der Waals surface area (Å²) in [7, 11) is 1.40. The molecule has 0 aliphatic heterocycles. The van der Waals surface area contributed by atoms with Gasteiger partial charge in [0.1, 0.15) is 6.04 Å². The Morgan fingerprint density at radius 1 is 1.47 bits per heavy atom.